The van der Waals surface area contributed by atoms with Crippen LogP contribution in [0.3, 0.4) is 0 Å². The van der Waals surface area contributed by atoms with E-state index >= 15 is 0 Å². The van der Waals surface area contributed by atoms with Gasteiger partial charge in [-0.1, -0.05) is 6.07 Å². The minimum atomic E-state index is -0.259. The first-order valence-electron chi connectivity index (χ1n) is 3.63. The van der Waals surface area contributed by atoms with Crippen LogP contribution in [0.15, 0.2) is 24.3 Å². The summed E-state index contributed by atoms with van der Waals surface area (Å²) in [7, 11) is 0. The van der Waals surface area contributed by atoms with E-state index in [-0.39, 0.29) is 16.8 Å². The summed E-state index contributed by atoms with van der Waals surface area (Å²) < 4.78 is 0. The van der Waals surface area contributed by atoms with E-state index < -0.39 is 0 Å². The van der Waals surface area contributed by atoms with Crippen molar-refractivity contribution in [2.45, 2.75) is 6.92 Å². The van der Waals surface area contributed by atoms with Crippen LogP contribution in [0.1, 0.15) is 6.92 Å². The molecule has 0 atom stereocenters. The number of rotatable bonds is 2. The van der Waals surface area contributed by atoms with E-state index in [1.165, 1.54) is 19.1 Å². The molecule has 0 aromatic heterocycles. The predicted molar refractivity (Wildman–Crippen MR) is 48.4 cm³/mol. The molecular weight excluding hydrogens is 172 g/mol. The number of carbonyl (C=O) groups is 1. The molecule has 0 aliphatic carbocycles. The largest absolute Gasteiger partial charge is 0.733 e. The van der Waals surface area contributed by atoms with Crippen molar-refractivity contribution in [2.24, 2.45) is 0 Å². The van der Waals surface area contributed by atoms with E-state index in [2.05, 4.69) is 5.32 Å². The number of carbonyl (C=O) groups excluding carboxylic acids is 1. The summed E-state index contributed by atoms with van der Waals surface area (Å²) in [5.41, 5.74) is 0.547. The summed E-state index contributed by atoms with van der Waals surface area (Å²) in [4.78, 5) is 10.6. The van der Waals surface area contributed by atoms with Crippen molar-refractivity contribution in [1.29, 1.82) is 0 Å². The van der Waals surface area contributed by atoms with Crippen molar-refractivity contribution >= 4 is 17.3 Å². The monoisotopic (exact) mass is 181 g/mol. The molecule has 2 N–H and O–H groups in total. The van der Waals surface area contributed by atoms with Gasteiger partial charge in [-0.2, -0.15) is 0 Å². The number of hydrogen-bond acceptors (Lipinski definition) is 4. The maximum absolute atomic E-state index is 10.6. The number of hydrogen-bond donors (Lipinski definition) is 2. The van der Waals surface area contributed by atoms with E-state index in [4.69, 9.17) is 5.21 Å². The zero-order chi connectivity index (χ0) is 9.84. The van der Waals surface area contributed by atoms with Gasteiger partial charge in [-0.05, 0) is 18.2 Å². The summed E-state index contributed by atoms with van der Waals surface area (Å²) in [6, 6.07) is 5.98. The van der Waals surface area contributed by atoms with Crippen LogP contribution in [-0.2, 0) is 4.79 Å². The predicted octanol–water partition coefficient (Wildman–Crippen LogP) is 1.34. The molecule has 0 bridgehead atoms. The lowest BCUT2D eigenvalue weighted by Crippen LogP contribution is -2.09. The van der Waals surface area contributed by atoms with Gasteiger partial charge >= 0.3 is 0 Å². The highest BCUT2D eigenvalue weighted by Crippen LogP contribution is 2.17. The van der Waals surface area contributed by atoms with Crippen molar-refractivity contribution in [1.82, 2.24) is 0 Å². The summed E-state index contributed by atoms with van der Waals surface area (Å²) in [6.07, 6.45) is 0. The first-order valence-corrected chi connectivity index (χ1v) is 3.63. The van der Waals surface area contributed by atoms with Crippen LogP contribution in [0.25, 0.3) is 0 Å². The third kappa shape index (κ3) is 2.73. The fourth-order valence-corrected chi connectivity index (χ4v) is 0.906. The molecular formula is C8H9N2O3-. The van der Waals surface area contributed by atoms with Gasteiger partial charge in [-0.3, -0.25) is 10.0 Å². The Kier molecular flexibility index (Phi) is 2.84. The van der Waals surface area contributed by atoms with Crippen molar-refractivity contribution in [3.05, 3.63) is 29.5 Å². The molecule has 0 fully saturated rings. The quantitative estimate of drug-likeness (QED) is 0.675. The minimum absolute atomic E-state index is 0.0752. The molecule has 0 saturated heterocycles. The van der Waals surface area contributed by atoms with Crippen LogP contribution >= 0.6 is 0 Å². The lowest BCUT2D eigenvalue weighted by molar-refractivity contribution is -0.114. The van der Waals surface area contributed by atoms with Crippen LogP contribution in [0.4, 0.5) is 11.4 Å². The topological polar surface area (TPSA) is 75.6 Å². The third-order valence-corrected chi connectivity index (χ3v) is 1.39. The molecule has 0 radical (unpaired) electrons. The number of nitrogens with zero attached hydrogens (tertiary/aromatic N) is 1. The zero-order valence-corrected chi connectivity index (χ0v) is 7.02. The van der Waals surface area contributed by atoms with Gasteiger partial charge in [-0.25, -0.2) is 0 Å². The van der Waals surface area contributed by atoms with E-state index in [0.29, 0.717) is 5.69 Å². The number of benzene rings is 1. The molecule has 1 rings (SSSR count). The Morgan fingerprint density at radius 3 is 2.85 bits per heavy atom. The van der Waals surface area contributed by atoms with E-state index in [9.17, 15) is 10.0 Å². The summed E-state index contributed by atoms with van der Waals surface area (Å²) in [6.45, 7) is 1.36. The number of amides is 1. The standard InChI is InChI=1S/C8H9N2O3/c1-6(11)9-7-3-2-4-8(5-7)10(12)13/h2-5,12H,1H3,(H,9,11)/q-1. The number of anilines is 2. The van der Waals surface area contributed by atoms with Gasteiger partial charge in [-0.15, -0.1) is 0 Å². The SMILES string of the molecule is CC(=O)Nc1cccc(N([O-])O)c1. The summed E-state index contributed by atoms with van der Waals surface area (Å²) >= 11 is 0. The van der Waals surface area contributed by atoms with Crippen molar-refractivity contribution in [3.8, 4) is 0 Å². The molecule has 0 spiro atoms. The molecule has 0 aliphatic heterocycles. The van der Waals surface area contributed by atoms with Crippen LogP contribution in [0.2, 0.25) is 0 Å². The average molecular weight is 181 g/mol. The summed E-state index contributed by atoms with van der Waals surface area (Å²) in [5.74, 6) is -0.229. The van der Waals surface area contributed by atoms with Gasteiger partial charge in [0.1, 0.15) is 0 Å². The molecule has 13 heavy (non-hydrogen) atoms. The van der Waals surface area contributed by atoms with Gasteiger partial charge in [0.2, 0.25) is 5.91 Å². The lowest BCUT2D eigenvalue weighted by Gasteiger charge is -2.21. The normalized spacial score (nSPS) is 9.46. The second-order valence-corrected chi connectivity index (χ2v) is 2.50. The fraction of sp³-hybridized carbons (Fsp3) is 0.125. The first-order chi connectivity index (χ1) is 6.09. The van der Waals surface area contributed by atoms with Gasteiger partial charge in [0, 0.05) is 12.6 Å². The molecule has 1 aromatic rings. The highest BCUT2D eigenvalue weighted by molar-refractivity contribution is 5.89. The molecule has 70 valence electrons. The Morgan fingerprint density at radius 2 is 2.31 bits per heavy atom. The highest BCUT2D eigenvalue weighted by atomic mass is 16.8. The lowest BCUT2D eigenvalue weighted by atomic mass is 10.3. The smallest absolute Gasteiger partial charge is 0.221 e. The molecule has 0 unspecified atom stereocenters. The van der Waals surface area contributed by atoms with Crippen LogP contribution in [0.5, 0.6) is 0 Å². The van der Waals surface area contributed by atoms with E-state index in [1.807, 2.05) is 0 Å². The second kappa shape index (κ2) is 3.88. The fourth-order valence-electron chi connectivity index (χ4n) is 0.906. The Labute approximate surface area is 75.1 Å². The van der Waals surface area contributed by atoms with Crippen molar-refractivity contribution < 1.29 is 10.0 Å². The Balaban J connectivity index is 2.85. The van der Waals surface area contributed by atoms with Crippen LogP contribution < -0.4 is 10.5 Å². The highest BCUT2D eigenvalue weighted by Gasteiger charge is 1.97. The molecule has 1 amide bonds. The minimum Gasteiger partial charge on any atom is -0.733 e. The van der Waals surface area contributed by atoms with Crippen molar-refractivity contribution in [2.75, 3.05) is 10.5 Å². The average Bonchev–Trinajstić information content (AvgIpc) is 2.03. The molecule has 1 aromatic carbocycles. The zero-order valence-electron chi connectivity index (χ0n) is 7.02. The maximum Gasteiger partial charge on any atom is 0.221 e. The molecule has 5 nitrogen and oxygen atoms in total. The van der Waals surface area contributed by atoms with Crippen LogP contribution in [0, 0.1) is 5.21 Å². The number of nitrogens with one attached hydrogen (secondary N) is 1. The molecule has 0 saturated carbocycles. The van der Waals surface area contributed by atoms with Crippen LogP contribution in [-0.4, -0.2) is 11.1 Å². The van der Waals surface area contributed by atoms with Gasteiger partial charge < -0.3 is 15.8 Å². The molecule has 0 aliphatic rings. The Morgan fingerprint density at radius 1 is 1.62 bits per heavy atom. The third-order valence-electron chi connectivity index (χ3n) is 1.39. The maximum atomic E-state index is 10.6. The van der Waals surface area contributed by atoms with Gasteiger partial charge in [0.15, 0.2) is 0 Å². The summed E-state index contributed by atoms with van der Waals surface area (Å²) in [5, 5.41) is 21.2. The van der Waals surface area contributed by atoms with E-state index in [0.717, 1.165) is 0 Å². The van der Waals surface area contributed by atoms with Crippen molar-refractivity contribution in [3.63, 3.8) is 0 Å². The first kappa shape index (κ1) is 9.50. The molecule has 5 heteroatoms. The van der Waals surface area contributed by atoms with Gasteiger partial charge in [0.05, 0.1) is 5.69 Å². The Hall–Kier alpha value is -1.59. The van der Waals surface area contributed by atoms with Gasteiger partial charge in [0.25, 0.3) is 0 Å². The Bertz CT molecular complexity index is 312. The molecule has 0 heterocycles. The van der Waals surface area contributed by atoms with E-state index in [1.54, 1.807) is 12.1 Å². The second-order valence-electron chi connectivity index (χ2n) is 2.50.